The van der Waals surface area contributed by atoms with Gasteiger partial charge in [0.05, 0.1) is 29.6 Å². The summed E-state index contributed by atoms with van der Waals surface area (Å²) in [4.78, 5) is 9.86. The molecule has 0 saturated heterocycles. The van der Waals surface area contributed by atoms with Gasteiger partial charge in [0.15, 0.2) is 0 Å². The van der Waals surface area contributed by atoms with Gasteiger partial charge < -0.3 is 15.8 Å². The van der Waals surface area contributed by atoms with E-state index in [0.717, 1.165) is 0 Å². The minimum absolute atomic E-state index is 0.208. The molecule has 19 heavy (non-hydrogen) atoms. The molecule has 0 aliphatic heterocycles. The van der Waals surface area contributed by atoms with Crippen LogP contribution in [-0.4, -0.2) is 21.2 Å². The van der Waals surface area contributed by atoms with Gasteiger partial charge in [-0.05, 0) is 17.1 Å². The van der Waals surface area contributed by atoms with Gasteiger partial charge in [-0.1, -0.05) is 12.1 Å². The van der Waals surface area contributed by atoms with Crippen molar-refractivity contribution in [3.8, 4) is 5.69 Å². The van der Waals surface area contributed by atoms with Crippen molar-refractivity contribution in [2.75, 3.05) is 6.54 Å². The van der Waals surface area contributed by atoms with E-state index in [9.17, 15) is 18.9 Å². The lowest BCUT2D eigenvalue weighted by Gasteiger charge is -2.13. The Bertz CT molecular complexity index is 595. The number of halogens is 2. The molecule has 0 fully saturated rings. The van der Waals surface area contributed by atoms with Crippen molar-refractivity contribution in [1.82, 2.24) is 9.78 Å². The molecule has 1 aromatic heterocycles. The van der Waals surface area contributed by atoms with Crippen LogP contribution in [0.25, 0.3) is 5.69 Å². The van der Waals surface area contributed by atoms with E-state index in [1.54, 1.807) is 0 Å². The number of alkyl halides is 2. The summed E-state index contributed by atoms with van der Waals surface area (Å²) in [5, 5.41) is 14.2. The topological polar surface area (TPSA) is 87.0 Å². The van der Waals surface area contributed by atoms with Crippen molar-refractivity contribution in [2.24, 2.45) is 5.73 Å². The Kier molecular flexibility index (Phi) is 3.26. The van der Waals surface area contributed by atoms with Gasteiger partial charge in [0, 0.05) is 5.56 Å². The minimum Gasteiger partial charge on any atom is -0.358 e. The normalized spacial score (nSPS) is 11.5. The third kappa shape index (κ3) is 2.58. The summed E-state index contributed by atoms with van der Waals surface area (Å²) in [5.41, 5.74) is 5.22. The van der Waals surface area contributed by atoms with Crippen molar-refractivity contribution in [1.29, 1.82) is 0 Å². The monoisotopic (exact) mass is 268 g/mol. The Morgan fingerprint density at radius 3 is 2.42 bits per heavy atom. The molecule has 0 radical (unpaired) electrons. The zero-order valence-electron chi connectivity index (χ0n) is 9.66. The molecule has 100 valence electrons. The van der Waals surface area contributed by atoms with Crippen LogP contribution in [0.1, 0.15) is 5.56 Å². The third-order valence-electron chi connectivity index (χ3n) is 2.57. The molecular formula is C11H10F2N4O2. The molecule has 0 aliphatic carbocycles. The second-order valence-electron chi connectivity index (χ2n) is 3.83. The predicted octanol–water partition coefficient (Wildman–Crippen LogP) is 1.83. The van der Waals surface area contributed by atoms with Crippen LogP contribution in [0.2, 0.25) is 0 Å². The zero-order chi connectivity index (χ0) is 14.0. The number of nitrogens with two attached hydrogens (primary N) is 1. The van der Waals surface area contributed by atoms with Crippen molar-refractivity contribution < 1.29 is 13.7 Å². The first-order valence-electron chi connectivity index (χ1n) is 5.33. The van der Waals surface area contributed by atoms with Crippen LogP contribution in [0.5, 0.6) is 0 Å². The fourth-order valence-corrected chi connectivity index (χ4v) is 1.53. The number of hydrogen-bond donors (Lipinski definition) is 1. The van der Waals surface area contributed by atoms with Crippen molar-refractivity contribution in [2.45, 2.75) is 5.92 Å². The molecule has 0 unspecified atom stereocenters. The van der Waals surface area contributed by atoms with Gasteiger partial charge in [0.1, 0.15) is 0 Å². The van der Waals surface area contributed by atoms with Crippen molar-refractivity contribution in [3.63, 3.8) is 0 Å². The van der Waals surface area contributed by atoms with Crippen LogP contribution in [0, 0.1) is 10.1 Å². The summed E-state index contributed by atoms with van der Waals surface area (Å²) in [5.74, 6) is -3.40. The lowest BCUT2D eigenvalue weighted by molar-refractivity contribution is -0.389. The van der Waals surface area contributed by atoms with Gasteiger partial charge in [-0.25, -0.2) is 0 Å². The van der Waals surface area contributed by atoms with E-state index in [0.29, 0.717) is 5.69 Å². The lowest BCUT2D eigenvalue weighted by atomic mass is 10.1. The predicted molar refractivity (Wildman–Crippen MR) is 63.2 cm³/mol. The largest absolute Gasteiger partial charge is 0.390 e. The highest BCUT2D eigenvalue weighted by molar-refractivity contribution is 5.36. The summed E-state index contributed by atoms with van der Waals surface area (Å²) >= 11 is 0. The maximum absolute atomic E-state index is 13.3. The molecule has 0 saturated carbocycles. The van der Waals surface area contributed by atoms with E-state index in [1.807, 2.05) is 0 Å². The third-order valence-corrected chi connectivity index (χ3v) is 2.57. The van der Waals surface area contributed by atoms with Gasteiger partial charge in [0.2, 0.25) is 0 Å². The van der Waals surface area contributed by atoms with Crippen molar-refractivity contribution in [3.05, 3.63) is 52.2 Å². The average Bonchev–Trinajstić information content (AvgIpc) is 2.88. The van der Waals surface area contributed by atoms with E-state index >= 15 is 0 Å². The Morgan fingerprint density at radius 2 is 1.95 bits per heavy atom. The number of aromatic nitrogens is 2. The van der Waals surface area contributed by atoms with Crippen LogP contribution in [-0.2, 0) is 5.92 Å². The SMILES string of the molecule is NCC(F)(F)c1ccc(-n2ccc([N+](=O)[O-])n2)cc1. The molecule has 0 atom stereocenters. The Morgan fingerprint density at radius 1 is 1.32 bits per heavy atom. The second kappa shape index (κ2) is 4.73. The maximum atomic E-state index is 13.3. The first-order valence-corrected chi connectivity index (χ1v) is 5.33. The van der Waals surface area contributed by atoms with Gasteiger partial charge in [-0.3, -0.25) is 0 Å². The first kappa shape index (κ1) is 13.1. The molecular weight excluding hydrogens is 258 g/mol. The highest BCUT2D eigenvalue weighted by Crippen LogP contribution is 2.27. The molecule has 2 N–H and O–H groups in total. The van der Waals surface area contributed by atoms with Crippen LogP contribution < -0.4 is 5.73 Å². The maximum Gasteiger partial charge on any atom is 0.390 e. The molecule has 6 nitrogen and oxygen atoms in total. The Labute approximate surface area is 106 Å². The minimum atomic E-state index is -3.09. The summed E-state index contributed by atoms with van der Waals surface area (Å²) in [6.07, 6.45) is 1.38. The molecule has 1 aromatic carbocycles. The number of hydrogen-bond acceptors (Lipinski definition) is 4. The highest BCUT2D eigenvalue weighted by Gasteiger charge is 2.29. The fraction of sp³-hybridized carbons (Fsp3) is 0.182. The Hall–Kier alpha value is -2.35. The molecule has 1 heterocycles. The second-order valence-corrected chi connectivity index (χ2v) is 3.83. The molecule has 0 spiro atoms. The van der Waals surface area contributed by atoms with Crippen LogP contribution >= 0.6 is 0 Å². The van der Waals surface area contributed by atoms with Crippen LogP contribution in [0.3, 0.4) is 0 Å². The van der Waals surface area contributed by atoms with Gasteiger partial charge in [-0.2, -0.15) is 8.78 Å². The molecule has 0 amide bonds. The average molecular weight is 268 g/mol. The number of rotatable bonds is 4. The first-order chi connectivity index (χ1) is 8.94. The quantitative estimate of drug-likeness (QED) is 0.677. The van der Waals surface area contributed by atoms with E-state index in [2.05, 4.69) is 5.10 Å². The van der Waals surface area contributed by atoms with E-state index in [4.69, 9.17) is 5.73 Å². The standard InChI is InChI=1S/C11H10F2N4O2/c12-11(13,7-14)8-1-3-9(4-2-8)16-6-5-10(15-16)17(18)19/h1-6H,7,14H2. The molecule has 2 aromatic rings. The lowest BCUT2D eigenvalue weighted by Crippen LogP contribution is -2.24. The summed E-state index contributed by atoms with van der Waals surface area (Å²) in [6, 6.07) is 6.46. The van der Waals surface area contributed by atoms with Crippen LogP contribution in [0.4, 0.5) is 14.6 Å². The van der Waals surface area contributed by atoms with Crippen molar-refractivity contribution >= 4 is 5.82 Å². The number of nitro groups is 1. The van der Waals surface area contributed by atoms with Gasteiger partial charge in [0.25, 0.3) is 5.92 Å². The Balaban J connectivity index is 2.29. The van der Waals surface area contributed by atoms with Crippen LogP contribution in [0.15, 0.2) is 36.5 Å². The summed E-state index contributed by atoms with van der Waals surface area (Å²) in [7, 11) is 0. The van der Waals surface area contributed by atoms with E-state index in [-0.39, 0.29) is 11.4 Å². The summed E-state index contributed by atoms with van der Waals surface area (Å²) < 4.78 is 27.8. The molecule has 0 bridgehead atoms. The summed E-state index contributed by atoms with van der Waals surface area (Å²) in [6.45, 7) is -0.778. The van der Waals surface area contributed by atoms with Gasteiger partial charge in [-0.15, -0.1) is 4.68 Å². The number of nitrogens with zero attached hydrogens (tertiary/aromatic N) is 3. The smallest absolute Gasteiger partial charge is 0.358 e. The zero-order valence-corrected chi connectivity index (χ0v) is 9.66. The fourth-order valence-electron chi connectivity index (χ4n) is 1.53. The van der Waals surface area contributed by atoms with E-state index in [1.165, 1.54) is 41.2 Å². The number of benzene rings is 1. The highest BCUT2D eigenvalue weighted by atomic mass is 19.3. The van der Waals surface area contributed by atoms with E-state index < -0.39 is 17.4 Å². The molecule has 2 rings (SSSR count). The molecule has 8 heteroatoms. The van der Waals surface area contributed by atoms with Gasteiger partial charge >= 0.3 is 5.82 Å². The molecule has 0 aliphatic rings.